The largest absolute Gasteiger partial charge is 0.494 e. The molecule has 0 radical (unpaired) electrons. The molecule has 6 nitrogen and oxygen atoms in total. The lowest BCUT2D eigenvalue weighted by Gasteiger charge is -2.19. The average Bonchev–Trinajstić information content (AvgIpc) is 3.00. The molecule has 1 saturated heterocycles. The predicted molar refractivity (Wildman–Crippen MR) is 98.7 cm³/mol. The van der Waals surface area contributed by atoms with Gasteiger partial charge >= 0.3 is 6.03 Å². The van der Waals surface area contributed by atoms with E-state index in [0.29, 0.717) is 40.8 Å². The SMILES string of the molecule is COc1cc(NC(=O)Nc2cccc(Cl)c2)ccc1N1CCCC1=O. The summed E-state index contributed by atoms with van der Waals surface area (Å²) in [5, 5.41) is 5.98. The van der Waals surface area contributed by atoms with E-state index in [1.54, 1.807) is 47.4 Å². The number of hydrogen-bond acceptors (Lipinski definition) is 3. The van der Waals surface area contributed by atoms with Crippen LogP contribution in [-0.4, -0.2) is 25.6 Å². The molecular weight excluding hydrogens is 342 g/mol. The summed E-state index contributed by atoms with van der Waals surface area (Å²) in [5.41, 5.74) is 1.87. The maximum Gasteiger partial charge on any atom is 0.323 e. The van der Waals surface area contributed by atoms with Crippen LogP contribution < -0.4 is 20.3 Å². The summed E-state index contributed by atoms with van der Waals surface area (Å²) >= 11 is 5.90. The van der Waals surface area contributed by atoms with Gasteiger partial charge in [-0.3, -0.25) is 4.79 Å². The van der Waals surface area contributed by atoms with Gasteiger partial charge in [-0.05, 0) is 36.8 Å². The molecule has 2 aromatic carbocycles. The third-order valence-corrected chi connectivity index (χ3v) is 4.12. The molecule has 3 rings (SSSR count). The number of carbonyl (C=O) groups is 2. The van der Waals surface area contributed by atoms with E-state index in [0.717, 1.165) is 6.42 Å². The Hall–Kier alpha value is -2.73. The van der Waals surface area contributed by atoms with Crippen LogP contribution in [0.5, 0.6) is 5.75 Å². The van der Waals surface area contributed by atoms with Gasteiger partial charge in [-0.1, -0.05) is 17.7 Å². The molecule has 1 aliphatic rings. The highest BCUT2D eigenvalue weighted by atomic mass is 35.5. The summed E-state index contributed by atoms with van der Waals surface area (Å²) in [5.74, 6) is 0.619. The Labute approximate surface area is 150 Å². The molecule has 0 spiro atoms. The van der Waals surface area contributed by atoms with E-state index in [-0.39, 0.29) is 5.91 Å². The molecule has 7 heteroatoms. The van der Waals surface area contributed by atoms with Gasteiger partial charge in [0, 0.05) is 35.4 Å². The summed E-state index contributed by atoms with van der Waals surface area (Å²) in [6.45, 7) is 0.678. The van der Waals surface area contributed by atoms with Crippen molar-refractivity contribution in [2.45, 2.75) is 12.8 Å². The van der Waals surface area contributed by atoms with Gasteiger partial charge < -0.3 is 20.3 Å². The van der Waals surface area contributed by atoms with Crippen LogP contribution in [0.15, 0.2) is 42.5 Å². The maximum atomic E-state index is 12.1. The third kappa shape index (κ3) is 4.03. The van der Waals surface area contributed by atoms with Gasteiger partial charge in [0.1, 0.15) is 5.75 Å². The number of anilines is 3. The standard InChI is InChI=1S/C18H18ClN3O3/c1-25-16-11-14(7-8-15(16)22-9-3-6-17(22)23)21-18(24)20-13-5-2-4-12(19)10-13/h2,4-5,7-8,10-11H,3,6,9H2,1H3,(H2,20,21,24). The van der Waals surface area contributed by atoms with Gasteiger partial charge in [-0.25, -0.2) is 4.79 Å². The van der Waals surface area contributed by atoms with E-state index in [1.165, 1.54) is 7.11 Å². The van der Waals surface area contributed by atoms with Crippen LogP contribution in [-0.2, 0) is 4.79 Å². The predicted octanol–water partition coefficient (Wildman–Crippen LogP) is 4.12. The Morgan fingerprint density at radius 1 is 1.16 bits per heavy atom. The molecule has 2 N–H and O–H groups in total. The van der Waals surface area contributed by atoms with Crippen molar-refractivity contribution in [3.8, 4) is 5.75 Å². The number of nitrogens with zero attached hydrogens (tertiary/aromatic N) is 1. The highest BCUT2D eigenvalue weighted by Gasteiger charge is 2.24. The molecule has 2 aromatic rings. The molecule has 0 aromatic heterocycles. The maximum absolute atomic E-state index is 12.1. The number of nitrogens with one attached hydrogen (secondary N) is 2. The minimum absolute atomic E-state index is 0.0812. The van der Waals surface area contributed by atoms with Gasteiger partial charge in [0.05, 0.1) is 12.8 Å². The monoisotopic (exact) mass is 359 g/mol. The van der Waals surface area contributed by atoms with Gasteiger partial charge in [0.15, 0.2) is 0 Å². The first kappa shape index (κ1) is 17.1. The number of methoxy groups -OCH3 is 1. The van der Waals surface area contributed by atoms with Gasteiger partial charge in [0.25, 0.3) is 0 Å². The lowest BCUT2D eigenvalue weighted by Crippen LogP contribution is -2.24. The molecule has 1 fully saturated rings. The first-order valence-corrected chi connectivity index (χ1v) is 8.26. The molecule has 0 saturated carbocycles. The van der Waals surface area contributed by atoms with Crippen LogP contribution in [0.1, 0.15) is 12.8 Å². The smallest absolute Gasteiger partial charge is 0.323 e. The molecule has 130 valence electrons. The minimum atomic E-state index is -0.394. The molecule has 1 heterocycles. The molecule has 0 unspecified atom stereocenters. The Morgan fingerprint density at radius 3 is 2.56 bits per heavy atom. The number of ether oxygens (including phenoxy) is 1. The van der Waals surface area contributed by atoms with E-state index in [2.05, 4.69) is 10.6 Å². The Morgan fingerprint density at radius 2 is 1.92 bits per heavy atom. The number of amides is 3. The van der Waals surface area contributed by atoms with Crippen LogP contribution in [0.2, 0.25) is 5.02 Å². The topological polar surface area (TPSA) is 70.7 Å². The number of urea groups is 1. The van der Waals surface area contributed by atoms with E-state index in [1.807, 2.05) is 0 Å². The molecule has 25 heavy (non-hydrogen) atoms. The fraction of sp³-hybridized carbons (Fsp3) is 0.222. The summed E-state index contributed by atoms with van der Waals surface area (Å²) in [6, 6.07) is 11.7. The Kier molecular flexibility index (Phi) is 5.09. The summed E-state index contributed by atoms with van der Waals surface area (Å²) in [6.07, 6.45) is 1.38. The first-order valence-electron chi connectivity index (χ1n) is 7.89. The third-order valence-electron chi connectivity index (χ3n) is 3.88. The van der Waals surface area contributed by atoms with Crippen molar-refractivity contribution in [3.05, 3.63) is 47.5 Å². The second-order valence-corrected chi connectivity index (χ2v) is 6.06. The van der Waals surface area contributed by atoms with Gasteiger partial charge in [-0.2, -0.15) is 0 Å². The molecular formula is C18H18ClN3O3. The Balaban J connectivity index is 1.72. The number of hydrogen-bond donors (Lipinski definition) is 2. The van der Waals surface area contributed by atoms with Crippen molar-refractivity contribution in [1.29, 1.82) is 0 Å². The van der Waals surface area contributed by atoms with Crippen LogP contribution in [0.3, 0.4) is 0 Å². The second-order valence-electron chi connectivity index (χ2n) is 5.63. The van der Waals surface area contributed by atoms with Gasteiger partial charge in [0.2, 0.25) is 5.91 Å². The van der Waals surface area contributed by atoms with Crippen molar-refractivity contribution >= 4 is 40.6 Å². The zero-order chi connectivity index (χ0) is 17.8. The normalized spacial score (nSPS) is 13.7. The van der Waals surface area contributed by atoms with E-state index in [4.69, 9.17) is 16.3 Å². The van der Waals surface area contributed by atoms with E-state index >= 15 is 0 Å². The Bertz CT molecular complexity index is 810. The quantitative estimate of drug-likeness (QED) is 0.862. The van der Waals surface area contributed by atoms with Crippen molar-refractivity contribution in [1.82, 2.24) is 0 Å². The lowest BCUT2D eigenvalue weighted by molar-refractivity contribution is -0.117. The fourth-order valence-electron chi connectivity index (χ4n) is 2.74. The molecule has 0 bridgehead atoms. The van der Waals surface area contributed by atoms with E-state index < -0.39 is 6.03 Å². The summed E-state index contributed by atoms with van der Waals surface area (Å²) < 4.78 is 5.38. The summed E-state index contributed by atoms with van der Waals surface area (Å²) in [4.78, 5) is 25.7. The van der Waals surface area contributed by atoms with Crippen molar-refractivity contribution < 1.29 is 14.3 Å². The van der Waals surface area contributed by atoms with E-state index in [9.17, 15) is 9.59 Å². The fourth-order valence-corrected chi connectivity index (χ4v) is 2.93. The zero-order valence-electron chi connectivity index (χ0n) is 13.7. The molecule has 0 aliphatic carbocycles. The lowest BCUT2D eigenvalue weighted by atomic mass is 10.2. The van der Waals surface area contributed by atoms with Crippen LogP contribution in [0.4, 0.5) is 21.9 Å². The molecule has 1 aliphatic heterocycles. The summed E-state index contributed by atoms with van der Waals surface area (Å²) in [7, 11) is 1.54. The molecule has 0 atom stereocenters. The van der Waals surface area contributed by atoms with Crippen molar-refractivity contribution in [3.63, 3.8) is 0 Å². The van der Waals surface area contributed by atoms with Crippen LogP contribution in [0, 0.1) is 0 Å². The van der Waals surface area contributed by atoms with Crippen molar-refractivity contribution in [2.75, 3.05) is 29.2 Å². The number of rotatable bonds is 4. The first-order chi connectivity index (χ1) is 12.1. The van der Waals surface area contributed by atoms with Crippen molar-refractivity contribution in [2.24, 2.45) is 0 Å². The highest BCUT2D eigenvalue weighted by Crippen LogP contribution is 2.33. The van der Waals surface area contributed by atoms with Gasteiger partial charge in [-0.15, -0.1) is 0 Å². The molecule has 3 amide bonds. The highest BCUT2D eigenvalue weighted by molar-refractivity contribution is 6.30. The van der Waals surface area contributed by atoms with Crippen LogP contribution >= 0.6 is 11.6 Å². The zero-order valence-corrected chi connectivity index (χ0v) is 14.5. The minimum Gasteiger partial charge on any atom is -0.494 e. The average molecular weight is 360 g/mol. The number of carbonyl (C=O) groups excluding carboxylic acids is 2. The number of halogens is 1. The number of benzene rings is 2. The van der Waals surface area contributed by atoms with Crippen LogP contribution in [0.25, 0.3) is 0 Å². The second kappa shape index (κ2) is 7.44.